The third-order valence-electron chi connectivity index (χ3n) is 0.857. The summed E-state index contributed by atoms with van der Waals surface area (Å²) in [5.41, 5.74) is 0. The van der Waals surface area contributed by atoms with Gasteiger partial charge in [-0.2, -0.15) is 0 Å². The summed E-state index contributed by atoms with van der Waals surface area (Å²) in [4.78, 5) is 20.2. The molecule has 2 heteroatoms. The maximum absolute atomic E-state index is 10.6. The highest BCUT2D eigenvalue weighted by molar-refractivity contribution is 5.92. The maximum Gasteiger partial charge on any atom is 0.155 e. The maximum atomic E-state index is 10.6. The lowest BCUT2D eigenvalue weighted by Crippen LogP contribution is -1.89. The second-order valence-corrected chi connectivity index (χ2v) is 1.71. The Hall–Kier alpha value is -0.920. The second-order valence-electron chi connectivity index (χ2n) is 1.71. The molecule has 0 heterocycles. The molecule has 9 heavy (non-hydrogen) atoms. The minimum atomic E-state index is 0.0181. The van der Waals surface area contributed by atoms with Gasteiger partial charge < -0.3 is 0 Å². The molecule has 0 spiro atoms. The minimum Gasteiger partial charge on any atom is -0.299 e. The lowest BCUT2D eigenvalue weighted by atomic mass is 10.2. The molecule has 0 N–H and O–H groups in total. The van der Waals surface area contributed by atoms with Gasteiger partial charge in [0.1, 0.15) is 6.29 Å². The van der Waals surface area contributed by atoms with E-state index in [1.54, 1.807) is 0 Å². The summed E-state index contributed by atoms with van der Waals surface area (Å²) in [6, 6.07) is 0. The van der Waals surface area contributed by atoms with E-state index in [0.717, 1.165) is 6.42 Å². The van der Waals surface area contributed by atoms with Crippen LogP contribution in [0, 0.1) is 0 Å². The molecule has 0 aromatic carbocycles. The lowest BCUT2D eigenvalue weighted by molar-refractivity contribution is -0.115. The van der Waals surface area contributed by atoms with Crippen molar-refractivity contribution in [2.24, 2.45) is 0 Å². The van der Waals surface area contributed by atoms with Gasteiger partial charge in [0.25, 0.3) is 0 Å². The van der Waals surface area contributed by atoms with E-state index in [9.17, 15) is 9.59 Å². The summed E-state index contributed by atoms with van der Waals surface area (Å²) < 4.78 is 0. The zero-order valence-corrected chi connectivity index (χ0v) is 5.46. The number of allylic oxidation sites excluding steroid dienone is 2. The van der Waals surface area contributed by atoms with Crippen molar-refractivity contribution < 1.29 is 9.59 Å². The predicted molar refractivity (Wildman–Crippen MR) is 35.1 cm³/mol. The third-order valence-corrected chi connectivity index (χ3v) is 0.857. The van der Waals surface area contributed by atoms with Crippen LogP contribution in [0.2, 0.25) is 0 Å². The van der Waals surface area contributed by atoms with E-state index < -0.39 is 0 Å². The molecule has 0 unspecified atom stereocenters. The van der Waals surface area contributed by atoms with Gasteiger partial charge in [0.05, 0.1) is 0 Å². The first-order valence-electron chi connectivity index (χ1n) is 2.96. The van der Waals surface area contributed by atoms with Crippen molar-refractivity contribution in [3.8, 4) is 0 Å². The van der Waals surface area contributed by atoms with Gasteiger partial charge >= 0.3 is 0 Å². The average Bonchev–Trinajstić information content (AvgIpc) is 1.85. The number of carbonyl (C=O) groups excluding carboxylic acids is 2. The molecule has 0 aliphatic heterocycles. The van der Waals surface area contributed by atoms with Crippen LogP contribution in [-0.4, -0.2) is 12.1 Å². The van der Waals surface area contributed by atoms with Gasteiger partial charge in [-0.25, -0.2) is 0 Å². The summed E-state index contributed by atoms with van der Waals surface area (Å²) in [5, 5.41) is 0. The van der Waals surface area contributed by atoms with Crippen LogP contribution in [0.4, 0.5) is 0 Å². The van der Waals surface area contributed by atoms with E-state index in [0.29, 0.717) is 12.7 Å². The molecule has 50 valence electrons. The van der Waals surface area contributed by atoms with Crippen molar-refractivity contribution >= 4 is 12.1 Å². The van der Waals surface area contributed by atoms with E-state index in [2.05, 4.69) is 0 Å². The van der Waals surface area contributed by atoms with Gasteiger partial charge in [0.15, 0.2) is 5.78 Å². The predicted octanol–water partition coefficient (Wildman–Crippen LogP) is 1.11. The zero-order valence-electron chi connectivity index (χ0n) is 5.46. The number of aldehydes is 1. The molecule has 0 atom stereocenters. The third kappa shape index (κ3) is 4.94. The fraction of sp³-hybridized carbons (Fsp3) is 0.429. The van der Waals surface area contributed by atoms with Crippen LogP contribution >= 0.6 is 0 Å². The summed E-state index contributed by atoms with van der Waals surface area (Å²) in [5.74, 6) is 0.0181. The molecule has 0 aromatic heterocycles. The number of hydrogen-bond acceptors (Lipinski definition) is 2. The van der Waals surface area contributed by atoms with Crippen LogP contribution in [0.25, 0.3) is 0 Å². The van der Waals surface area contributed by atoms with Gasteiger partial charge in [-0.1, -0.05) is 6.92 Å². The monoisotopic (exact) mass is 126 g/mol. The molecule has 0 aliphatic rings. The molecule has 0 radical (unpaired) electrons. The molecule has 2 nitrogen and oxygen atoms in total. The SMILES string of the molecule is CCCC(=O)C=CC=O. The molecular weight excluding hydrogens is 116 g/mol. The van der Waals surface area contributed by atoms with E-state index in [1.165, 1.54) is 12.2 Å². The number of rotatable bonds is 4. The Morgan fingerprint density at radius 2 is 2.22 bits per heavy atom. The zero-order chi connectivity index (χ0) is 7.11. The summed E-state index contributed by atoms with van der Waals surface area (Å²) in [7, 11) is 0. The van der Waals surface area contributed by atoms with E-state index in [-0.39, 0.29) is 5.78 Å². The first kappa shape index (κ1) is 8.08. The molecule has 0 aromatic rings. The van der Waals surface area contributed by atoms with Crippen LogP contribution < -0.4 is 0 Å². The summed E-state index contributed by atoms with van der Waals surface area (Å²) >= 11 is 0. The fourth-order valence-electron chi connectivity index (χ4n) is 0.476. The van der Waals surface area contributed by atoms with Gasteiger partial charge in [-0.15, -0.1) is 0 Å². The summed E-state index contributed by atoms with van der Waals surface area (Å²) in [6.07, 6.45) is 4.49. The first-order valence-corrected chi connectivity index (χ1v) is 2.96. The van der Waals surface area contributed by atoms with Crippen molar-refractivity contribution in [3.05, 3.63) is 12.2 Å². The standard InChI is InChI=1S/C7H10O2/c1-2-4-7(9)5-3-6-8/h3,5-6H,2,4H2,1H3. The van der Waals surface area contributed by atoms with E-state index in [4.69, 9.17) is 0 Å². The topological polar surface area (TPSA) is 34.1 Å². The lowest BCUT2D eigenvalue weighted by Gasteiger charge is -1.84. The smallest absolute Gasteiger partial charge is 0.155 e. The number of ketones is 1. The first-order chi connectivity index (χ1) is 4.31. The Bertz CT molecular complexity index is 125. The molecular formula is C7H10O2. The Morgan fingerprint density at radius 3 is 2.67 bits per heavy atom. The highest BCUT2D eigenvalue weighted by Gasteiger charge is 1.90. The Kier molecular flexibility index (Phi) is 4.69. The van der Waals surface area contributed by atoms with Crippen LogP contribution in [0.1, 0.15) is 19.8 Å². The average molecular weight is 126 g/mol. The molecule has 0 aliphatic carbocycles. The largest absolute Gasteiger partial charge is 0.299 e. The normalized spacial score (nSPS) is 9.89. The molecule has 0 fully saturated rings. The van der Waals surface area contributed by atoms with Crippen molar-refractivity contribution in [1.29, 1.82) is 0 Å². The van der Waals surface area contributed by atoms with Crippen LogP contribution in [-0.2, 0) is 9.59 Å². The molecule has 0 rings (SSSR count). The van der Waals surface area contributed by atoms with Gasteiger partial charge in [-0.05, 0) is 18.6 Å². The van der Waals surface area contributed by atoms with Crippen LogP contribution in [0.5, 0.6) is 0 Å². The summed E-state index contributed by atoms with van der Waals surface area (Å²) in [6.45, 7) is 1.92. The minimum absolute atomic E-state index is 0.0181. The molecule has 0 amide bonds. The van der Waals surface area contributed by atoms with E-state index in [1.807, 2.05) is 6.92 Å². The number of carbonyl (C=O) groups is 2. The van der Waals surface area contributed by atoms with Crippen molar-refractivity contribution in [2.45, 2.75) is 19.8 Å². The fourth-order valence-corrected chi connectivity index (χ4v) is 0.476. The van der Waals surface area contributed by atoms with Crippen molar-refractivity contribution in [2.75, 3.05) is 0 Å². The highest BCUT2D eigenvalue weighted by atomic mass is 16.1. The second kappa shape index (κ2) is 5.22. The Morgan fingerprint density at radius 1 is 1.56 bits per heavy atom. The van der Waals surface area contributed by atoms with Gasteiger partial charge in [0.2, 0.25) is 0 Å². The van der Waals surface area contributed by atoms with Gasteiger partial charge in [0, 0.05) is 6.42 Å². The Balaban J connectivity index is 3.49. The molecule has 0 saturated carbocycles. The molecule has 0 saturated heterocycles. The van der Waals surface area contributed by atoms with Crippen molar-refractivity contribution in [1.82, 2.24) is 0 Å². The van der Waals surface area contributed by atoms with Crippen LogP contribution in [0.15, 0.2) is 12.2 Å². The quantitative estimate of drug-likeness (QED) is 0.417. The number of hydrogen-bond donors (Lipinski definition) is 0. The highest BCUT2D eigenvalue weighted by Crippen LogP contribution is 1.88. The Labute approximate surface area is 54.6 Å². The van der Waals surface area contributed by atoms with Crippen LogP contribution in [0.3, 0.4) is 0 Å². The van der Waals surface area contributed by atoms with Crippen molar-refractivity contribution in [3.63, 3.8) is 0 Å². The van der Waals surface area contributed by atoms with E-state index >= 15 is 0 Å². The van der Waals surface area contributed by atoms with Gasteiger partial charge in [-0.3, -0.25) is 9.59 Å². The molecule has 0 bridgehead atoms.